The van der Waals surface area contributed by atoms with Crippen molar-refractivity contribution >= 4 is 31.9 Å². The maximum atomic E-state index is 13.7. The summed E-state index contributed by atoms with van der Waals surface area (Å²) in [6, 6.07) is 5.80. The van der Waals surface area contributed by atoms with Crippen molar-refractivity contribution in [1.82, 2.24) is 0 Å². The first-order valence-electron chi connectivity index (χ1n) is 5.18. The lowest BCUT2D eigenvalue weighted by Gasteiger charge is -2.15. The van der Waals surface area contributed by atoms with Gasteiger partial charge in [-0.1, -0.05) is 12.1 Å². The van der Waals surface area contributed by atoms with Crippen LogP contribution in [0, 0.1) is 17.5 Å². The minimum absolute atomic E-state index is 0.0187. The summed E-state index contributed by atoms with van der Waals surface area (Å²) in [7, 11) is 0. The molecule has 0 aromatic heterocycles. The molecule has 1 unspecified atom stereocenters. The predicted molar refractivity (Wildman–Crippen MR) is 72.2 cm³/mol. The first kappa shape index (κ1) is 14.6. The van der Waals surface area contributed by atoms with Crippen molar-refractivity contribution < 1.29 is 18.3 Å². The van der Waals surface area contributed by atoms with Crippen LogP contribution in [0.4, 0.5) is 13.2 Å². The van der Waals surface area contributed by atoms with Gasteiger partial charge in [-0.25, -0.2) is 13.2 Å². The first-order valence-corrected chi connectivity index (χ1v) is 6.77. The van der Waals surface area contributed by atoms with Crippen LogP contribution < -0.4 is 0 Å². The molecule has 0 radical (unpaired) electrons. The van der Waals surface area contributed by atoms with E-state index in [9.17, 15) is 18.3 Å². The number of hydrogen-bond acceptors (Lipinski definition) is 1. The van der Waals surface area contributed by atoms with Gasteiger partial charge in [0, 0.05) is 11.1 Å². The molecule has 100 valence electrons. The largest absolute Gasteiger partial charge is 0.384 e. The van der Waals surface area contributed by atoms with Gasteiger partial charge in [-0.15, -0.1) is 0 Å². The molecule has 2 rings (SSSR count). The van der Waals surface area contributed by atoms with Crippen molar-refractivity contribution in [2.45, 2.75) is 6.10 Å². The minimum atomic E-state index is -1.47. The molecule has 1 N–H and O–H groups in total. The topological polar surface area (TPSA) is 20.2 Å². The van der Waals surface area contributed by atoms with Crippen molar-refractivity contribution in [2.75, 3.05) is 0 Å². The molecule has 0 saturated carbocycles. The fourth-order valence-corrected chi connectivity index (χ4v) is 2.44. The van der Waals surface area contributed by atoms with E-state index < -0.39 is 23.6 Å². The van der Waals surface area contributed by atoms with Crippen LogP contribution in [0.1, 0.15) is 17.2 Å². The lowest BCUT2D eigenvalue weighted by Crippen LogP contribution is -2.05. The molecule has 19 heavy (non-hydrogen) atoms. The van der Waals surface area contributed by atoms with Crippen LogP contribution in [0.5, 0.6) is 0 Å². The summed E-state index contributed by atoms with van der Waals surface area (Å²) in [6.07, 6.45) is -1.47. The highest BCUT2D eigenvalue weighted by Crippen LogP contribution is 2.33. The van der Waals surface area contributed by atoms with Crippen LogP contribution in [-0.4, -0.2) is 5.11 Å². The van der Waals surface area contributed by atoms with Gasteiger partial charge >= 0.3 is 0 Å². The fourth-order valence-electron chi connectivity index (χ4n) is 1.65. The zero-order chi connectivity index (χ0) is 14.2. The minimum Gasteiger partial charge on any atom is -0.384 e. The number of aliphatic hydroxyl groups is 1. The molecule has 0 aliphatic heterocycles. The second kappa shape index (κ2) is 5.64. The summed E-state index contributed by atoms with van der Waals surface area (Å²) in [4.78, 5) is 0. The van der Waals surface area contributed by atoms with Crippen LogP contribution in [-0.2, 0) is 0 Å². The van der Waals surface area contributed by atoms with E-state index in [1.165, 1.54) is 18.2 Å². The van der Waals surface area contributed by atoms with Crippen LogP contribution in [0.3, 0.4) is 0 Å². The van der Waals surface area contributed by atoms with E-state index in [0.717, 1.165) is 12.1 Å². The third-order valence-electron chi connectivity index (χ3n) is 2.61. The standard InChI is InChI=1S/C13H7Br2F3O/c14-8-5-10(17)7(4-11(8)18)13(19)6-2-1-3-9(16)12(6)15/h1-5,13,19H. The smallest absolute Gasteiger partial charge is 0.137 e. The highest BCUT2D eigenvalue weighted by Gasteiger charge is 2.20. The monoisotopic (exact) mass is 394 g/mol. The lowest BCUT2D eigenvalue weighted by molar-refractivity contribution is 0.213. The van der Waals surface area contributed by atoms with E-state index >= 15 is 0 Å². The normalized spacial score (nSPS) is 12.5. The molecule has 6 heteroatoms. The second-order valence-corrected chi connectivity index (χ2v) is 5.48. The molecular formula is C13H7Br2F3O. The van der Waals surface area contributed by atoms with E-state index in [-0.39, 0.29) is 20.1 Å². The fraction of sp³-hybridized carbons (Fsp3) is 0.0769. The van der Waals surface area contributed by atoms with Crippen molar-refractivity contribution in [3.05, 3.63) is 67.9 Å². The van der Waals surface area contributed by atoms with E-state index in [4.69, 9.17) is 0 Å². The van der Waals surface area contributed by atoms with Crippen molar-refractivity contribution in [3.63, 3.8) is 0 Å². The first-order chi connectivity index (χ1) is 8.91. The zero-order valence-corrected chi connectivity index (χ0v) is 12.5. The van der Waals surface area contributed by atoms with Crippen LogP contribution in [0.25, 0.3) is 0 Å². The molecule has 2 aromatic carbocycles. The zero-order valence-electron chi connectivity index (χ0n) is 9.30. The Hall–Kier alpha value is -0.850. The van der Waals surface area contributed by atoms with E-state index in [1.807, 2.05) is 0 Å². The van der Waals surface area contributed by atoms with Gasteiger partial charge in [0.25, 0.3) is 0 Å². The Bertz CT molecular complexity index is 632. The van der Waals surface area contributed by atoms with Gasteiger partial charge in [-0.05, 0) is 50.1 Å². The summed E-state index contributed by atoms with van der Waals surface area (Å²) in [6.45, 7) is 0. The van der Waals surface area contributed by atoms with E-state index in [2.05, 4.69) is 31.9 Å². The third-order valence-corrected chi connectivity index (χ3v) is 4.05. The van der Waals surface area contributed by atoms with Gasteiger partial charge in [0.15, 0.2) is 0 Å². The molecule has 0 aliphatic carbocycles. The number of halogens is 5. The van der Waals surface area contributed by atoms with Crippen LogP contribution >= 0.6 is 31.9 Å². The molecule has 0 bridgehead atoms. The SMILES string of the molecule is OC(c1cc(F)c(Br)cc1F)c1cccc(F)c1Br. The molecule has 1 nitrogen and oxygen atoms in total. The maximum Gasteiger partial charge on any atom is 0.137 e. The Morgan fingerprint density at radius 3 is 2.26 bits per heavy atom. The Morgan fingerprint density at radius 1 is 0.895 bits per heavy atom. The molecule has 0 saturated heterocycles. The Kier molecular flexibility index (Phi) is 4.32. The molecule has 0 amide bonds. The van der Waals surface area contributed by atoms with Crippen molar-refractivity contribution in [2.24, 2.45) is 0 Å². The number of aliphatic hydroxyl groups excluding tert-OH is 1. The maximum absolute atomic E-state index is 13.7. The van der Waals surface area contributed by atoms with Crippen LogP contribution in [0.2, 0.25) is 0 Å². The quantitative estimate of drug-likeness (QED) is 0.730. The average molecular weight is 396 g/mol. The van der Waals surface area contributed by atoms with E-state index in [0.29, 0.717) is 0 Å². The molecule has 0 heterocycles. The van der Waals surface area contributed by atoms with Crippen LogP contribution in [0.15, 0.2) is 39.3 Å². The third kappa shape index (κ3) is 2.85. The highest BCUT2D eigenvalue weighted by atomic mass is 79.9. The van der Waals surface area contributed by atoms with Gasteiger partial charge in [0.05, 0.1) is 8.95 Å². The summed E-state index contributed by atoms with van der Waals surface area (Å²) >= 11 is 5.82. The Labute approximate surface area is 124 Å². The summed E-state index contributed by atoms with van der Waals surface area (Å²) in [5, 5.41) is 10.1. The molecular weight excluding hydrogens is 389 g/mol. The lowest BCUT2D eigenvalue weighted by atomic mass is 10.0. The second-order valence-electron chi connectivity index (χ2n) is 3.83. The van der Waals surface area contributed by atoms with Crippen molar-refractivity contribution in [3.8, 4) is 0 Å². The predicted octanol–water partition coefficient (Wildman–Crippen LogP) is 4.71. The summed E-state index contributed by atoms with van der Waals surface area (Å²) in [5.74, 6) is -2.07. The summed E-state index contributed by atoms with van der Waals surface area (Å²) in [5.41, 5.74) is -0.132. The highest BCUT2D eigenvalue weighted by molar-refractivity contribution is 9.10. The molecule has 0 fully saturated rings. The van der Waals surface area contributed by atoms with Gasteiger partial charge in [-0.2, -0.15) is 0 Å². The van der Waals surface area contributed by atoms with Gasteiger partial charge in [-0.3, -0.25) is 0 Å². The molecule has 0 aliphatic rings. The Morgan fingerprint density at radius 2 is 1.58 bits per heavy atom. The van der Waals surface area contributed by atoms with Gasteiger partial charge in [0.2, 0.25) is 0 Å². The number of hydrogen-bond donors (Lipinski definition) is 1. The number of benzene rings is 2. The Balaban J connectivity index is 2.53. The average Bonchev–Trinajstić information content (AvgIpc) is 2.36. The van der Waals surface area contributed by atoms with Crippen molar-refractivity contribution in [1.29, 1.82) is 0 Å². The summed E-state index contributed by atoms with van der Waals surface area (Å²) < 4.78 is 40.5. The number of rotatable bonds is 2. The van der Waals surface area contributed by atoms with Gasteiger partial charge in [0.1, 0.15) is 23.6 Å². The molecule has 1 atom stereocenters. The molecule has 2 aromatic rings. The van der Waals surface area contributed by atoms with Gasteiger partial charge < -0.3 is 5.11 Å². The van der Waals surface area contributed by atoms with E-state index in [1.54, 1.807) is 0 Å². The molecule has 0 spiro atoms.